The van der Waals surface area contributed by atoms with Crippen LogP contribution in [0.2, 0.25) is 0 Å². The SMILES string of the molecule is C=C=C[Si](Cl)(c1ccccc1)c1ccccc1. The van der Waals surface area contributed by atoms with Crippen molar-refractivity contribution in [2.45, 2.75) is 0 Å². The van der Waals surface area contributed by atoms with Crippen molar-refractivity contribution in [2.24, 2.45) is 0 Å². The lowest BCUT2D eigenvalue weighted by Crippen LogP contribution is -2.52. The van der Waals surface area contributed by atoms with Crippen molar-refractivity contribution in [3.63, 3.8) is 0 Å². The van der Waals surface area contributed by atoms with E-state index in [2.05, 4.69) is 36.6 Å². The van der Waals surface area contributed by atoms with Crippen molar-refractivity contribution < 1.29 is 0 Å². The van der Waals surface area contributed by atoms with Crippen LogP contribution in [0.1, 0.15) is 0 Å². The Morgan fingerprint density at radius 1 is 0.882 bits per heavy atom. The number of hydrogen-bond donors (Lipinski definition) is 0. The van der Waals surface area contributed by atoms with E-state index in [0.717, 1.165) is 10.4 Å². The van der Waals surface area contributed by atoms with E-state index in [4.69, 9.17) is 11.1 Å². The van der Waals surface area contributed by atoms with Crippen LogP contribution in [0, 0.1) is 0 Å². The Morgan fingerprint density at radius 2 is 1.29 bits per heavy atom. The molecular formula is C15H13ClSi. The molecule has 0 saturated carbocycles. The minimum atomic E-state index is -2.33. The van der Waals surface area contributed by atoms with Gasteiger partial charge in [0.2, 0.25) is 7.38 Å². The molecule has 0 spiro atoms. The van der Waals surface area contributed by atoms with Gasteiger partial charge in [0.05, 0.1) is 0 Å². The molecule has 0 aliphatic rings. The van der Waals surface area contributed by atoms with Crippen LogP contribution in [-0.4, -0.2) is 7.38 Å². The van der Waals surface area contributed by atoms with E-state index in [0.29, 0.717) is 0 Å². The first kappa shape index (κ1) is 11.9. The molecule has 0 aliphatic carbocycles. The second-order valence-corrected chi connectivity index (χ2v) is 8.45. The van der Waals surface area contributed by atoms with E-state index in [9.17, 15) is 0 Å². The standard InChI is InChI=1S/C15H13ClSi/c1-2-13-17(16,14-9-5-3-6-10-14)15-11-7-4-8-12-15/h3-13H,1H2. The average molecular weight is 257 g/mol. The molecule has 2 rings (SSSR count). The van der Waals surface area contributed by atoms with Gasteiger partial charge in [-0.25, -0.2) is 0 Å². The molecule has 17 heavy (non-hydrogen) atoms. The highest BCUT2D eigenvalue weighted by Gasteiger charge is 2.32. The molecule has 84 valence electrons. The van der Waals surface area contributed by atoms with Gasteiger partial charge in [0.25, 0.3) is 0 Å². The average Bonchev–Trinajstić information content (AvgIpc) is 2.41. The van der Waals surface area contributed by atoms with Crippen molar-refractivity contribution >= 4 is 28.8 Å². The first-order chi connectivity index (χ1) is 8.27. The lowest BCUT2D eigenvalue weighted by atomic mass is 10.4. The van der Waals surface area contributed by atoms with Crippen molar-refractivity contribution in [3.05, 3.63) is 78.7 Å². The molecule has 0 unspecified atom stereocenters. The molecule has 0 bridgehead atoms. The monoisotopic (exact) mass is 256 g/mol. The Bertz CT molecular complexity index is 488. The zero-order valence-electron chi connectivity index (χ0n) is 9.44. The molecule has 0 nitrogen and oxygen atoms in total. The Morgan fingerprint density at radius 3 is 1.65 bits per heavy atom. The molecule has 2 heteroatoms. The maximum atomic E-state index is 6.87. The summed E-state index contributed by atoms with van der Waals surface area (Å²) in [4.78, 5) is 0. The van der Waals surface area contributed by atoms with Gasteiger partial charge in [-0.2, -0.15) is 0 Å². The predicted molar refractivity (Wildman–Crippen MR) is 77.5 cm³/mol. The van der Waals surface area contributed by atoms with E-state index in [1.807, 2.05) is 42.1 Å². The van der Waals surface area contributed by atoms with Crippen LogP contribution in [0.3, 0.4) is 0 Å². The maximum absolute atomic E-state index is 6.87. The van der Waals surface area contributed by atoms with Crippen LogP contribution in [0.15, 0.2) is 78.7 Å². The molecule has 0 atom stereocenters. The summed E-state index contributed by atoms with van der Waals surface area (Å²) in [5, 5.41) is 2.31. The second-order valence-electron chi connectivity index (χ2n) is 3.79. The molecule has 2 aromatic carbocycles. The predicted octanol–water partition coefficient (Wildman–Crippen LogP) is 2.87. The largest absolute Gasteiger partial charge is 0.248 e. The highest BCUT2D eigenvalue weighted by Crippen LogP contribution is 2.11. The molecule has 0 amide bonds. The highest BCUT2D eigenvalue weighted by molar-refractivity contribution is 7.36. The molecule has 0 aliphatic heterocycles. The summed E-state index contributed by atoms with van der Waals surface area (Å²) in [5.74, 6) is 0. The maximum Gasteiger partial charge on any atom is 0.248 e. The van der Waals surface area contributed by atoms with Crippen LogP contribution in [0.5, 0.6) is 0 Å². The van der Waals surface area contributed by atoms with E-state index >= 15 is 0 Å². The molecule has 0 fully saturated rings. The summed E-state index contributed by atoms with van der Waals surface area (Å²) in [5.41, 5.74) is 4.79. The fourth-order valence-electron chi connectivity index (χ4n) is 1.84. The first-order valence-corrected chi connectivity index (χ1v) is 8.53. The van der Waals surface area contributed by atoms with Gasteiger partial charge in [-0.05, 0) is 16.1 Å². The third-order valence-electron chi connectivity index (χ3n) is 2.69. The zero-order chi connectivity index (χ0) is 12.1. The van der Waals surface area contributed by atoms with Gasteiger partial charge in [-0.3, -0.25) is 0 Å². The van der Waals surface area contributed by atoms with Crippen molar-refractivity contribution in [3.8, 4) is 0 Å². The Kier molecular flexibility index (Phi) is 3.65. The fraction of sp³-hybridized carbons (Fsp3) is 0. The summed E-state index contributed by atoms with van der Waals surface area (Å²) in [6, 6.07) is 20.3. The van der Waals surface area contributed by atoms with Gasteiger partial charge in [0.15, 0.2) is 0 Å². The first-order valence-electron chi connectivity index (χ1n) is 5.44. The molecule has 2 aromatic rings. The fourth-order valence-corrected chi connectivity index (χ4v) is 5.13. The van der Waals surface area contributed by atoms with Gasteiger partial charge >= 0.3 is 0 Å². The van der Waals surface area contributed by atoms with Crippen molar-refractivity contribution in [2.75, 3.05) is 0 Å². The minimum absolute atomic E-state index is 1.16. The molecule has 0 saturated heterocycles. The lowest BCUT2D eigenvalue weighted by molar-refractivity contribution is 1.73. The van der Waals surface area contributed by atoms with Crippen molar-refractivity contribution in [1.82, 2.24) is 0 Å². The van der Waals surface area contributed by atoms with Crippen molar-refractivity contribution in [1.29, 1.82) is 0 Å². The highest BCUT2D eigenvalue weighted by atomic mass is 35.6. The van der Waals surface area contributed by atoms with E-state index in [-0.39, 0.29) is 0 Å². The molecule has 0 heterocycles. The van der Waals surface area contributed by atoms with Gasteiger partial charge in [0, 0.05) is 0 Å². The van der Waals surface area contributed by atoms with Crippen LogP contribution in [0.4, 0.5) is 0 Å². The third-order valence-corrected chi connectivity index (χ3v) is 7.27. The van der Waals surface area contributed by atoms with Gasteiger partial charge in [0.1, 0.15) is 0 Å². The van der Waals surface area contributed by atoms with Gasteiger partial charge < -0.3 is 0 Å². The van der Waals surface area contributed by atoms with Crippen LogP contribution < -0.4 is 10.4 Å². The summed E-state index contributed by atoms with van der Waals surface area (Å²) >= 11 is 6.87. The second kappa shape index (κ2) is 5.20. The third kappa shape index (κ3) is 2.42. The van der Waals surface area contributed by atoms with E-state index < -0.39 is 7.38 Å². The normalized spacial score (nSPS) is 10.6. The summed E-state index contributed by atoms with van der Waals surface area (Å²) in [6.07, 6.45) is 0. The topological polar surface area (TPSA) is 0 Å². The summed E-state index contributed by atoms with van der Waals surface area (Å²) in [6.45, 7) is 3.67. The van der Waals surface area contributed by atoms with Gasteiger partial charge in [-0.1, -0.05) is 67.2 Å². The number of hydrogen-bond acceptors (Lipinski definition) is 0. The summed E-state index contributed by atoms with van der Waals surface area (Å²) < 4.78 is 0. The molecular weight excluding hydrogens is 244 g/mol. The zero-order valence-corrected chi connectivity index (χ0v) is 11.2. The lowest BCUT2D eigenvalue weighted by Gasteiger charge is -2.20. The Balaban J connectivity index is 2.59. The van der Waals surface area contributed by atoms with Gasteiger partial charge in [-0.15, -0.1) is 16.8 Å². The number of benzene rings is 2. The van der Waals surface area contributed by atoms with E-state index in [1.165, 1.54) is 0 Å². The van der Waals surface area contributed by atoms with E-state index in [1.54, 1.807) is 0 Å². The van der Waals surface area contributed by atoms with Crippen LogP contribution in [-0.2, 0) is 0 Å². The van der Waals surface area contributed by atoms with Crippen LogP contribution >= 0.6 is 11.1 Å². The Labute approximate surface area is 108 Å². The Hall–Kier alpha value is -1.53. The number of halogens is 1. The quantitative estimate of drug-likeness (QED) is 0.450. The molecule has 0 aromatic heterocycles. The number of rotatable bonds is 3. The smallest absolute Gasteiger partial charge is 0.149 e. The minimum Gasteiger partial charge on any atom is -0.149 e. The van der Waals surface area contributed by atoms with Crippen LogP contribution in [0.25, 0.3) is 0 Å². The molecule has 0 N–H and O–H groups in total. The summed E-state index contributed by atoms with van der Waals surface area (Å²) in [7, 11) is -2.33. The molecule has 0 radical (unpaired) electrons.